The first-order chi connectivity index (χ1) is 5.26. The second-order valence-corrected chi connectivity index (χ2v) is 2.67. The highest BCUT2D eigenvalue weighted by Gasteiger charge is 2.03. The predicted octanol–water partition coefficient (Wildman–Crippen LogP) is 2.85. The van der Waals surface area contributed by atoms with Gasteiger partial charge < -0.3 is 0 Å². The zero-order valence-corrected chi connectivity index (χ0v) is 7.51. The summed E-state index contributed by atoms with van der Waals surface area (Å²) in [5.74, 6) is 0.558. The van der Waals surface area contributed by atoms with Crippen molar-refractivity contribution in [1.82, 2.24) is 0 Å². The molecule has 0 rings (SSSR count). The van der Waals surface area contributed by atoms with Crippen molar-refractivity contribution in [3.05, 3.63) is 24.3 Å². The first kappa shape index (κ1) is 10.2. The second-order valence-electron chi connectivity index (χ2n) is 2.67. The van der Waals surface area contributed by atoms with Crippen LogP contribution in [0.3, 0.4) is 0 Å². The summed E-state index contributed by atoms with van der Waals surface area (Å²) < 4.78 is 0. The van der Waals surface area contributed by atoms with Gasteiger partial charge in [0.25, 0.3) is 0 Å². The van der Waals surface area contributed by atoms with Gasteiger partial charge in [-0.1, -0.05) is 24.6 Å². The Morgan fingerprint density at radius 3 is 2.64 bits per heavy atom. The fraction of sp³-hybridized carbons (Fsp3) is 0.500. The summed E-state index contributed by atoms with van der Waals surface area (Å²) in [4.78, 5) is 3.86. The van der Waals surface area contributed by atoms with Crippen LogP contribution in [0.4, 0.5) is 0 Å². The monoisotopic (exact) mass is 151 g/mol. The van der Waals surface area contributed by atoms with E-state index >= 15 is 0 Å². The van der Waals surface area contributed by atoms with E-state index < -0.39 is 0 Å². The maximum absolute atomic E-state index is 3.86. The van der Waals surface area contributed by atoms with Gasteiger partial charge in [0.05, 0.1) is 6.54 Å². The third kappa shape index (κ3) is 3.76. The molecule has 0 amide bonds. The van der Waals surface area contributed by atoms with Gasteiger partial charge in [0.15, 0.2) is 0 Å². The largest absolute Gasteiger partial charge is 0.297 e. The van der Waals surface area contributed by atoms with E-state index in [0.29, 0.717) is 5.92 Å². The summed E-state index contributed by atoms with van der Waals surface area (Å²) in [6.07, 6.45) is 5.08. The minimum absolute atomic E-state index is 0.558. The fourth-order valence-electron chi connectivity index (χ4n) is 1.06. The Balaban J connectivity index is 4.02. The summed E-state index contributed by atoms with van der Waals surface area (Å²) in [6.45, 7) is 12.2. The Hall–Kier alpha value is -0.850. The van der Waals surface area contributed by atoms with Gasteiger partial charge >= 0.3 is 0 Å². The van der Waals surface area contributed by atoms with Crippen LogP contribution in [0, 0.1) is 5.92 Å². The molecule has 0 saturated carbocycles. The Labute approximate surface area is 69.5 Å². The van der Waals surface area contributed by atoms with E-state index in [4.69, 9.17) is 0 Å². The first-order valence-corrected chi connectivity index (χ1v) is 3.94. The molecule has 0 saturated heterocycles. The molecular formula is C10H17N. The molecule has 0 aromatic rings. The van der Waals surface area contributed by atoms with Gasteiger partial charge in [-0.15, -0.1) is 6.58 Å². The third-order valence-electron chi connectivity index (χ3n) is 1.82. The van der Waals surface area contributed by atoms with Crippen molar-refractivity contribution in [2.45, 2.75) is 20.3 Å². The lowest BCUT2D eigenvalue weighted by atomic mass is 9.98. The van der Waals surface area contributed by atoms with Crippen molar-refractivity contribution < 1.29 is 0 Å². The summed E-state index contributed by atoms with van der Waals surface area (Å²) in [5.41, 5.74) is 1.35. The maximum Gasteiger partial charge on any atom is 0.0595 e. The number of aliphatic imine (C=N–C) groups is 1. The molecule has 1 heteroatoms. The van der Waals surface area contributed by atoms with Crippen LogP contribution in [0.2, 0.25) is 0 Å². The van der Waals surface area contributed by atoms with Gasteiger partial charge in [0.1, 0.15) is 0 Å². The van der Waals surface area contributed by atoms with E-state index in [-0.39, 0.29) is 0 Å². The minimum Gasteiger partial charge on any atom is -0.297 e. The van der Waals surface area contributed by atoms with Crippen LogP contribution < -0.4 is 0 Å². The number of hydrogen-bond donors (Lipinski definition) is 0. The molecular weight excluding hydrogens is 134 g/mol. The fourth-order valence-corrected chi connectivity index (χ4v) is 1.06. The van der Waals surface area contributed by atoms with Crippen molar-refractivity contribution in [1.29, 1.82) is 0 Å². The van der Waals surface area contributed by atoms with Crippen molar-refractivity contribution in [2.75, 3.05) is 6.54 Å². The van der Waals surface area contributed by atoms with E-state index in [2.05, 4.69) is 31.3 Å². The van der Waals surface area contributed by atoms with Crippen molar-refractivity contribution in [3.8, 4) is 0 Å². The highest BCUT2D eigenvalue weighted by atomic mass is 14.7. The summed E-state index contributed by atoms with van der Waals surface area (Å²) in [7, 11) is 0. The molecule has 0 spiro atoms. The van der Waals surface area contributed by atoms with Crippen LogP contribution in [0.15, 0.2) is 29.3 Å². The number of nitrogens with zero attached hydrogens (tertiary/aromatic N) is 1. The second kappa shape index (κ2) is 5.90. The zero-order valence-electron chi connectivity index (χ0n) is 7.51. The molecule has 0 N–H and O–H groups in total. The lowest BCUT2D eigenvalue weighted by Crippen LogP contribution is -2.00. The molecule has 0 aromatic carbocycles. The summed E-state index contributed by atoms with van der Waals surface area (Å²) >= 11 is 0. The van der Waals surface area contributed by atoms with Gasteiger partial charge in [-0.2, -0.15) is 0 Å². The van der Waals surface area contributed by atoms with Crippen LogP contribution in [-0.2, 0) is 0 Å². The van der Waals surface area contributed by atoms with E-state index in [1.807, 2.05) is 13.0 Å². The quantitative estimate of drug-likeness (QED) is 0.423. The van der Waals surface area contributed by atoms with Crippen LogP contribution in [0.5, 0.6) is 0 Å². The van der Waals surface area contributed by atoms with Crippen LogP contribution in [0.25, 0.3) is 0 Å². The van der Waals surface area contributed by atoms with Crippen LogP contribution in [-0.4, -0.2) is 13.3 Å². The standard InChI is InChI=1S/C10H17N/c1-5-7-9(3)10(6-2)8-11-4/h5-6,9H,1,4,7-8H2,2-3H3/b10-6+. The smallest absolute Gasteiger partial charge is 0.0595 e. The predicted molar refractivity (Wildman–Crippen MR) is 52.2 cm³/mol. The van der Waals surface area contributed by atoms with Crippen molar-refractivity contribution in [2.24, 2.45) is 10.9 Å². The van der Waals surface area contributed by atoms with Crippen molar-refractivity contribution >= 4 is 6.72 Å². The SMILES string of the molecule is C=CCC(C)/C(=C/C)CN=C. The topological polar surface area (TPSA) is 12.4 Å². The summed E-state index contributed by atoms with van der Waals surface area (Å²) in [5, 5.41) is 0. The van der Waals surface area contributed by atoms with Gasteiger partial charge in [-0.25, -0.2) is 0 Å². The molecule has 1 nitrogen and oxygen atoms in total. The lowest BCUT2D eigenvalue weighted by molar-refractivity contribution is 0.679. The molecule has 0 radical (unpaired) electrons. The average Bonchev–Trinajstić information content (AvgIpc) is 2.00. The Kier molecular flexibility index (Phi) is 5.44. The normalized spacial score (nSPS) is 14.2. The first-order valence-electron chi connectivity index (χ1n) is 3.94. The van der Waals surface area contributed by atoms with E-state index in [0.717, 1.165) is 13.0 Å². The highest BCUT2D eigenvalue weighted by molar-refractivity contribution is 5.25. The van der Waals surface area contributed by atoms with Crippen LogP contribution in [0.1, 0.15) is 20.3 Å². The van der Waals surface area contributed by atoms with Crippen LogP contribution >= 0.6 is 0 Å². The zero-order chi connectivity index (χ0) is 8.69. The third-order valence-corrected chi connectivity index (χ3v) is 1.82. The van der Waals surface area contributed by atoms with Gasteiger partial charge in [-0.05, 0) is 26.0 Å². The molecule has 11 heavy (non-hydrogen) atoms. The molecule has 1 unspecified atom stereocenters. The molecule has 62 valence electrons. The average molecular weight is 151 g/mol. The number of rotatable bonds is 5. The molecule has 0 aromatic heterocycles. The molecule has 0 aliphatic rings. The van der Waals surface area contributed by atoms with Gasteiger partial charge in [-0.3, -0.25) is 4.99 Å². The van der Waals surface area contributed by atoms with Crippen molar-refractivity contribution in [3.63, 3.8) is 0 Å². The summed E-state index contributed by atoms with van der Waals surface area (Å²) in [6, 6.07) is 0. The molecule has 0 bridgehead atoms. The number of allylic oxidation sites excluding steroid dienone is 2. The van der Waals surface area contributed by atoms with E-state index in [1.165, 1.54) is 5.57 Å². The number of hydrogen-bond acceptors (Lipinski definition) is 1. The highest BCUT2D eigenvalue weighted by Crippen LogP contribution is 2.14. The molecule has 0 fully saturated rings. The lowest BCUT2D eigenvalue weighted by Gasteiger charge is -2.10. The van der Waals surface area contributed by atoms with E-state index in [1.54, 1.807) is 0 Å². The Morgan fingerprint density at radius 1 is 1.64 bits per heavy atom. The molecule has 1 atom stereocenters. The Bertz CT molecular complexity index is 156. The molecule has 0 heterocycles. The molecule has 0 aliphatic carbocycles. The van der Waals surface area contributed by atoms with E-state index in [9.17, 15) is 0 Å². The Morgan fingerprint density at radius 2 is 2.27 bits per heavy atom. The van der Waals surface area contributed by atoms with Gasteiger partial charge in [0, 0.05) is 0 Å². The molecule has 0 aliphatic heterocycles. The minimum atomic E-state index is 0.558. The maximum atomic E-state index is 3.86. The van der Waals surface area contributed by atoms with Gasteiger partial charge in [0.2, 0.25) is 0 Å².